The largest absolute Gasteiger partial charge is 0.481 e. The molecule has 114 valence electrons. The highest BCUT2D eigenvalue weighted by Crippen LogP contribution is 2.34. The molecule has 2 aromatic rings. The second kappa shape index (κ2) is 5.36. The number of rotatable bonds is 5. The lowest BCUT2D eigenvalue weighted by atomic mass is 9.86. The lowest BCUT2D eigenvalue weighted by Crippen LogP contribution is -2.19. The quantitative estimate of drug-likeness (QED) is 0.918. The van der Waals surface area contributed by atoms with Crippen LogP contribution < -0.4 is 0 Å². The minimum Gasteiger partial charge on any atom is -0.481 e. The van der Waals surface area contributed by atoms with E-state index in [1.54, 1.807) is 0 Å². The fourth-order valence-electron chi connectivity index (χ4n) is 3.06. The molecule has 0 radical (unpaired) electrons. The Morgan fingerprint density at radius 3 is 2.76 bits per heavy atom. The summed E-state index contributed by atoms with van der Waals surface area (Å²) in [4.78, 5) is 11.7. The molecule has 1 saturated carbocycles. The Hall–Kier alpha value is -1.50. The van der Waals surface area contributed by atoms with Gasteiger partial charge in [0.15, 0.2) is 5.82 Å². The van der Waals surface area contributed by atoms with E-state index in [1.165, 1.54) is 24.2 Å². The van der Waals surface area contributed by atoms with Crippen molar-refractivity contribution in [3.05, 3.63) is 10.8 Å². The van der Waals surface area contributed by atoms with Gasteiger partial charge in [-0.15, -0.1) is 10.2 Å². The Bertz CT molecular complexity index is 655. The molecule has 0 amide bonds. The van der Waals surface area contributed by atoms with E-state index in [0.717, 1.165) is 28.6 Å². The summed E-state index contributed by atoms with van der Waals surface area (Å²) in [6, 6.07) is 0. The average Bonchev–Trinajstić information content (AvgIpc) is 3.00. The second-order valence-electron chi connectivity index (χ2n) is 6.64. The summed E-state index contributed by atoms with van der Waals surface area (Å²) in [6.07, 6.45) is 5.63. The number of carbonyl (C=O) groups is 1. The van der Waals surface area contributed by atoms with Crippen molar-refractivity contribution in [2.24, 2.45) is 5.41 Å². The lowest BCUT2D eigenvalue weighted by molar-refractivity contribution is -0.139. The normalized spacial score (nSPS) is 16.9. The van der Waals surface area contributed by atoms with Gasteiger partial charge in [-0.25, -0.2) is 0 Å². The molecule has 1 N–H and O–H groups in total. The SMILES string of the molecule is CC(C)(CC(=O)O)Cc1nn2c(C3CCCC3)nnc2s1. The van der Waals surface area contributed by atoms with Crippen LogP contribution in [0.5, 0.6) is 0 Å². The predicted molar refractivity (Wildman–Crippen MR) is 79.6 cm³/mol. The van der Waals surface area contributed by atoms with Gasteiger partial charge in [-0.05, 0) is 18.3 Å². The van der Waals surface area contributed by atoms with Crippen LogP contribution in [0.25, 0.3) is 4.96 Å². The maximum atomic E-state index is 10.9. The third-order valence-electron chi connectivity index (χ3n) is 4.04. The van der Waals surface area contributed by atoms with Gasteiger partial charge in [0.05, 0.1) is 6.42 Å². The van der Waals surface area contributed by atoms with Gasteiger partial charge in [0, 0.05) is 12.3 Å². The summed E-state index contributed by atoms with van der Waals surface area (Å²) >= 11 is 1.52. The third-order valence-corrected chi connectivity index (χ3v) is 4.94. The molecule has 3 rings (SSSR count). The van der Waals surface area contributed by atoms with Crippen LogP contribution in [0.4, 0.5) is 0 Å². The monoisotopic (exact) mass is 308 g/mol. The smallest absolute Gasteiger partial charge is 0.303 e. The number of carboxylic acid groups (broad SMARTS) is 1. The van der Waals surface area contributed by atoms with Crippen molar-refractivity contribution in [1.82, 2.24) is 19.8 Å². The van der Waals surface area contributed by atoms with Crippen molar-refractivity contribution in [2.45, 2.75) is 58.3 Å². The Kier molecular flexibility index (Phi) is 3.69. The summed E-state index contributed by atoms with van der Waals surface area (Å²) in [5.74, 6) is 0.678. The molecule has 2 aromatic heterocycles. The summed E-state index contributed by atoms with van der Waals surface area (Å²) in [6.45, 7) is 3.92. The fraction of sp³-hybridized carbons (Fsp3) is 0.714. The van der Waals surface area contributed by atoms with Crippen LogP contribution >= 0.6 is 11.3 Å². The first-order valence-electron chi connectivity index (χ1n) is 7.37. The molecule has 7 heteroatoms. The van der Waals surface area contributed by atoms with Crippen molar-refractivity contribution >= 4 is 22.3 Å². The molecular formula is C14H20N4O2S. The lowest BCUT2D eigenvalue weighted by Gasteiger charge is -2.20. The molecule has 0 saturated heterocycles. The molecule has 1 fully saturated rings. The predicted octanol–water partition coefficient (Wildman–Crippen LogP) is 2.89. The van der Waals surface area contributed by atoms with E-state index in [2.05, 4.69) is 15.3 Å². The first kappa shape index (κ1) is 14.4. The molecule has 21 heavy (non-hydrogen) atoms. The van der Waals surface area contributed by atoms with Crippen LogP contribution in [-0.4, -0.2) is 30.9 Å². The zero-order chi connectivity index (χ0) is 15.0. The Morgan fingerprint density at radius 1 is 1.38 bits per heavy atom. The van der Waals surface area contributed by atoms with Crippen LogP contribution in [0.1, 0.15) is 62.7 Å². The van der Waals surface area contributed by atoms with Gasteiger partial charge in [-0.3, -0.25) is 4.79 Å². The summed E-state index contributed by atoms with van der Waals surface area (Å²) in [7, 11) is 0. The van der Waals surface area contributed by atoms with E-state index < -0.39 is 5.97 Å². The van der Waals surface area contributed by atoms with Gasteiger partial charge in [0.1, 0.15) is 5.01 Å². The molecule has 0 bridgehead atoms. The number of aromatic nitrogens is 4. The van der Waals surface area contributed by atoms with Crippen LogP contribution in [0.15, 0.2) is 0 Å². The van der Waals surface area contributed by atoms with E-state index in [9.17, 15) is 4.79 Å². The molecule has 0 spiro atoms. The maximum absolute atomic E-state index is 10.9. The van der Waals surface area contributed by atoms with Crippen molar-refractivity contribution in [3.63, 3.8) is 0 Å². The highest BCUT2D eigenvalue weighted by Gasteiger charge is 2.27. The molecular weight excluding hydrogens is 288 g/mol. The first-order valence-corrected chi connectivity index (χ1v) is 8.19. The zero-order valence-electron chi connectivity index (χ0n) is 12.4. The van der Waals surface area contributed by atoms with Crippen LogP contribution in [0.2, 0.25) is 0 Å². The zero-order valence-corrected chi connectivity index (χ0v) is 13.2. The van der Waals surface area contributed by atoms with E-state index in [0.29, 0.717) is 12.3 Å². The molecule has 0 aromatic carbocycles. The number of fused-ring (bicyclic) bond motifs is 1. The number of carboxylic acids is 1. The van der Waals surface area contributed by atoms with Crippen LogP contribution in [-0.2, 0) is 11.2 Å². The van der Waals surface area contributed by atoms with Gasteiger partial charge < -0.3 is 5.11 Å². The van der Waals surface area contributed by atoms with Crippen molar-refractivity contribution in [3.8, 4) is 0 Å². The van der Waals surface area contributed by atoms with E-state index >= 15 is 0 Å². The molecule has 1 aliphatic carbocycles. The summed E-state index contributed by atoms with van der Waals surface area (Å²) in [5, 5.41) is 23.1. The van der Waals surface area contributed by atoms with Crippen molar-refractivity contribution in [2.75, 3.05) is 0 Å². The molecule has 0 aliphatic heterocycles. The minimum atomic E-state index is -0.769. The van der Waals surface area contributed by atoms with E-state index in [1.807, 2.05) is 18.4 Å². The minimum absolute atomic E-state index is 0.141. The summed E-state index contributed by atoms with van der Waals surface area (Å²) in [5.41, 5.74) is -0.303. The molecule has 0 atom stereocenters. The highest BCUT2D eigenvalue weighted by atomic mass is 32.1. The number of hydrogen-bond donors (Lipinski definition) is 1. The van der Waals surface area contributed by atoms with Gasteiger partial charge in [0.2, 0.25) is 4.96 Å². The third kappa shape index (κ3) is 3.07. The van der Waals surface area contributed by atoms with Crippen LogP contribution in [0, 0.1) is 5.41 Å². The Labute approximate surface area is 127 Å². The van der Waals surface area contributed by atoms with E-state index in [-0.39, 0.29) is 11.8 Å². The summed E-state index contributed by atoms with van der Waals surface area (Å²) < 4.78 is 1.87. The molecule has 2 heterocycles. The first-order chi connectivity index (χ1) is 9.94. The molecule has 0 unspecified atom stereocenters. The number of aliphatic carboxylic acids is 1. The molecule has 1 aliphatic rings. The van der Waals surface area contributed by atoms with Crippen molar-refractivity contribution < 1.29 is 9.90 Å². The standard InChI is InChI=1S/C14H20N4O2S/c1-14(2,8-11(19)20)7-10-17-18-12(9-5-3-4-6-9)15-16-13(18)21-10/h9H,3-8H2,1-2H3,(H,19,20). The van der Waals surface area contributed by atoms with E-state index in [4.69, 9.17) is 5.11 Å². The topological polar surface area (TPSA) is 80.4 Å². The highest BCUT2D eigenvalue weighted by molar-refractivity contribution is 7.16. The molecule has 6 nitrogen and oxygen atoms in total. The number of hydrogen-bond acceptors (Lipinski definition) is 5. The number of nitrogens with zero attached hydrogens (tertiary/aromatic N) is 4. The fourth-order valence-corrected chi connectivity index (χ4v) is 4.16. The van der Waals surface area contributed by atoms with Crippen LogP contribution in [0.3, 0.4) is 0 Å². The van der Waals surface area contributed by atoms with Gasteiger partial charge >= 0.3 is 5.97 Å². The Balaban J connectivity index is 1.83. The maximum Gasteiger partial charge on any atom is 0.303 e. The van der Waals surface area contributed by atoms with Gasteiger partial charge in [0.25, 0.3) is 0 Å². The van der Waals surface area contributed by atoms with Gasteiger partial charge in [-0.2, -0.15) is 9.61 Å². The average molecular weight is 308 g/mol. The van der Waals surface area contributed by atoms with Crippen molar-refractivity contribution in [1.29, 1.82) is 0 Å². The second-order valence-corrected chi connectivity index (χ2v) is 7.68. The Morgan fingerprint density at radius 2 is 2.10 bits per heavy atom. The van der Waals surface area contributed by atoms with Gasteiger partial charge in [-0.1, -0.05) is 38.0 Å².